The van der Waals surface area contributed by atoms with E-state index >= 15 is 0 Å². The van der Waals surface area contributed by atoms with E-state index in [1.54, 1.807) is 0 Å². The number of aromatic nitrogens is 2. The first-order chi connectivity index (χ1) is 7.68. The Hall–Kier alpha value is -1.04. The quantitative estimate of drug-likeness (QED) is 0.649. The molecule has 0 fully saturated rings. The van der Waals surface area contributed by atoms with Crippen molar-refractivity contribution in [1.82, 2.24) is 9.78 Å². The molecule has 1 aliphatic rings. The van der Waals surface area contributed by atoms with Crippen LogP contribution in [0.1, 0.15) is 15.5 Å². The van der Waals surface area contributed by atoms with Gasteiger partial charge in [-0.05, 0) is 12.9 Å². The lowest BCUT2D eigenvalue weighted by Crippen LogP contribution is -2.39. The van der Waals surface area contributed by atoms with E-state index in [0.29, 0.717) is 5.69 Å². The van der Waals surface area contributed by atoms with Gasteiger partial charge in [0.05, 0.1) is 24.5 Å². The van der Waals surface area contributed by atoms with Crippen LogP contribution in [-0.2, 0) is 17.9 Å². The molecule has 0 saturated carbocycles. The van der Waals surface area contributed by atoms with E-state index in [9.17, 15) is 13.2 Å². The van der Waals surface area contributed by atoms with Crippen molar-refractivity contribution in [3.8, 4) is 0 Å². The summed E-state index contributed by atoms with van der Waals surface area (Å²) in [7, 11) is 0. The molecule has 1 atom stereocenters. The fourth-order valence-electron chi connectivity index (χ4n) is 1.32. The highest BCUT2D eigenvalue weighted by atomic mass is 19.4. The number of nitrogens with zero attached hydrogens (tertiary/aromatic N) is 2. The highest BCUT2D eigenvalue weighted by Crippen LogP contribution is 2.28. The summed E-state index contributed by atoms with van der Waals surface area (Å²) in [6.45, 7) is -3.21. The summed E-state index contributed by atoms with van der Waals surface area (Å²) in [6.07, 6.45) is -6.40. The number of alkyl halides is 3. The number of halogens is 3. The van der Waals surface area contributed by atoms with Gasteiger partial charge in [0, 0.05) is 4.11 Å². The van der Waals surface area contributed by atoms with Gasteiger partial charge in [0.25, 0.3) is 0 Å². The van der Waals surface area contributed by atoms with Gasteiger partial charge in [0.15, 0.2) is 6.10 Å². The van der Waals surface area contributed by atoms with E-state index in [-0.39, 0.29) is 12.3 Å². The third-order valence-corrected chi connectivity index (χ3v) is 2.00. The van der Waals surface area contributed by atoms with Crippen LogP contribution in [0.4, 0.5) is 13.2 Å². The van der Waals surface area contributed by atoms with E-state index in [1.165, 1.54) is 6.07 Å². The average Bonchev–Trinajstić information content (AvgIpc) is 2.57. The number of hydrogen-bond acceptors (Lipinski definition) is 2. The monoisotopic (exact) mass is 209 g/mol. The summed E-state index contributed by atoms with van der Waals surface area (Å²) in [5.74, 6) is 0. The van der Waals surface area contributed by atoms with Gasteiger partial charge in [-0.25, -0.2) is 0 Å². The molecule has 0 radical (unpaired) electrons. The second-order valence-corrected chi connectivity index (χ2v) is 3.04. The molecular weight excluding hydrogens is 197 g/mol. The van der Waals surface area contributed by atoms with Crippen molar-refractivity contribution in [2.75, 3.05) is 0 Å². The highest BCUT2D eigenvalue weighted by molar-refractivity contribution is 5.09. The van der Waals surface area contributed by atoms with Gasteiger partial charge >= 0.3 is 6.18 Å². The third-order valence-electron chi connectivity index (χ3n) is 2.00. The number of aryl methyl sites for hydroxylation is 1. The fraction of sp³-hybridized carbons (Fsp3) is 0.625. The fourth-order valence-corrected chi connectivity index (χ4v) is 1.32. The van der Waals surface area contributed by atoms with Gasteiger partial charge in [0.2, 0.25) is 0 Å². The average molecular weight is 209 g/mol. The lowest BCUT2D eigenvalue weighted by atomic mass is 10.3. The first-order valence-electron chi connectivity index (χ1n) is 5.43. The normalized spacial score (nSPS) is 26.2. The van der Waals surface area contributed by atoms with E-state index in [1.807, 2.05) is 0 Å². The van der Waals surface area contributed by atoms with Crippen LogP contribution in [0.3, 0.4) is 0 Å². The summed E-state index contributed by atoms with van der Waals surface area (Å²) in [6, 6.07) is 1.25. The maximum Gasteiger partial charge on any atom is 0.416 e. The number of rotatable bonds is 0. The lowest BCUT2D eigenvalue weighted by molar-refractivity contribution is -0.234. The zero-order chi connectivity index (χ0) is 12.8. The molecular formula is C8H9F3N2O. The van der Waals surface area contributed by atoms with Crippen LogP contribution in [0.5, 0.6) is 0 Å². The predicted octanol–water partition coefficient (Wildman–Crippen LogP) is 1.65. The standard InChI is InChI=1S/C8H9F3N2O/c1-5-2-6-4-14-7(8(9,10)11)3-13(6)12-5/h2,7H,3-4H2,1H3/i1D3. The maximum atomic E-state index is 12.4. The van der Waals surface area contributed by atoms with Crippen molar-refractivity contribution in [3.63, 3.8) is 0 Å². The molecule has 1 aliphatic heterocycles. The zero-order valence-corrected chi connectivity index (χ0v) is 7.01. The van der Waals surface area contributed by atoms with Crippen molar-refractivity contribution in [3.05, 3.63) is 17.5 Å². The minimum atomic E-state index is -4.47. The Morgan fingerprint density at radius 1 is 1.71 bits per heavy atom. The molecule has 0 spiro atoms. The van der Waals surface area contributed by atoms with Crippen LogP contribution in [0.25, 0.3) is 0 Å². The van der Waals surface area contributed by atoms with Crippen molar-refractivity contribution >= 4 is 0 Å². The summed E-state index contributed by atoms with van der Waals surface area (Å²) in [5.41, 5.74) is 0.135. The molecule has 1 aromatic heterocycles. The largest absolute Gasteiger partial charge is 0.416 e. The Labute approximate surface area is 82.7 Å². The molecule has 3 nitrogen and oxygen atoms in total. The Balaban J connectivity index is 2.25. The van der Waals surface area contributed by atoms with E-state index in [4.69, 9.17) is 4.11 Å². The van der Waals surface area contributed by atoms with Crippen molar-refractivity contribution in [2.24, 2.45) is 0 Å². The lowest BCUT2D eigenvalue weighted by Gasteiger charge is -2.25. The van der Waals surface area contributed by atoms with E-state index < -0.39 is 25.7 Å². The molecule has 1 unspecified atom stereocenters. The molecule has 0 amide bonds. The van der Waals surface area contributed by atoms with Crippen molar-refractivity contribution in [1.29, 1.82) is 0 Å². The zero-order valence-electron chi connectivity index (χ0n) is 10.0. The summed E-state index contributed by atoms with van der Waals surface area (Å²) in [5, 5.41) is 3.66. The number of fused-ring (bicyclic) bond motifs is 1. The SMILES string of the molecule is [2H]C([2H])([2H])c1cc2n(n1)CC(C(F)(F)F)OC2. The maximum absolute atomic E-state index is 12.4. The highest BCUT2D eigenvalue weighted by Gasteiger charge is 2.43. The van der Waals surface area contributed by atoms with Gasteiger partial charge in [-0.1, -0.05) is 0 Å². The number of ether oxygens (including phenoxy) is 1. The van der Waals surface area contributed by atoms with Crippen LogP contribution in [0.2, 0.25) is 0 Å². The summed E-state index contributed by atoms with van der Waals surface area (Å²) < 4.78 is 64.2. The molecule has 1 aromatic rings. The molecule has 6 heteroatoms. The topological polar surface area (TPSA) is 27.1 Å². The molecule has 2 heterocycles. The van der Waals surface area contributed by atoms with Crippen molar-refractivity contribution < 1.29 is 22.0 Å². The van der Waals surface area contributed by atoms with Crippen LogP contribution in [0.15, 0.2) is 6.07 Å². The second-order valence-electron chi connectivity index (χ2n) is 3.04. The third kappa shape index (κ3) is 1.61. The molecule has 0 saturated heterocycles. The van der Waals surface area contributed by atoms with Gasteiger partial charge in [0.1, 0.15) is 0 Å². The Morgan fingerprint density at radius 3 is 3.14 bits per heavy atom. The van der Waals surface area contributed by atoms with E-state index in [2.05, 4.69) is 9.84 Å². The van der Waals surface area contributed by atoms with Crippen molar-refractivity contribution in [2.45, 2.75) is 32.3 Å². The van der Waals surface area contributed by atoms with Gasteiger partial charge < -0.3 is 4.74 Å². The molecule has 0 aliphatic carbocycles. The molecule has 0 N–H and O–H groups in total. The van der Waals surface area contributed by atoms with Crippen LogP contribution < -0.4 is 0 Å². The Bertz CT molecular complexity index is 427. The van der Waals surface area contributed by atoms with Gasteiger partial charge in [-0.2, -0.15) is 18.3 Å². The first kappa shape index (κ1) is 6.44. The van der Waals surface area contributed by atoms with Crippen LogP contribution in [0, 0.1) is 6.85 Å². The first-order valence-corrected chi connectivity index (χ1v) is 3.93. The van der Waals surface area contributed by atoms with Gasteiger partial charge in [-0.3, -0.25) is 4.68 Å². The van der Waals surface area contributed by atoms with Crippen LogP contribution >= 0.6 is 0 Å². The molecule has 0 bridgehead atoms. The molecule has 78 valence electrons. The van der Waals surface area contributed by atoms with E-state index in [0.717, 1.165) is 4.68 Å². The van der Waals surface area contributed by atoms with Crippen LogP contribution in [-0.4, -0.2) is 22.1 Å². The minimum Gasteiger partial charge on any atom is -0.361 e. The summed E-state index contributed by atoms with van der Waals surface area (Å²) in [4.78, 5) is 0. The Kier molecular flexibility index (Phi) is 1.37. The summed E-state index contributed by atoms with van der Waals surface area (Å²) >= 11 is 0. The molecule has 2 rings (SSSR count). The predicted molar refractivity (Wildman–Crippen MR) is 41.6 cm³/mol. The molecule has 14 heavy (non-hydrogen) atoms. The smallest absolute Gasteiger partial charge is 0.361 e. The second kappa shape index (κ2) is 2.98. The Morgan fingerprint density at radius 2 is 2.50 bits per heavy atom. The van der Waals surface area contributed by atoms with Gasteiger partial charge in [-0.15, -0.1) is 0 Å². The minimum absolute atomic E-state index is 0.209. The molecule has 0 aromatic carbocycles. The number of hydrogen-bond donors (Lipinski definition) is 0.